The first kappa shape index (κ1) is 12.4. The number of halogens is 1. The Hall–Kier alpha value is -1.07. The highest BCUT2D eigenvalue weighted by molar-refractivity contribution is 9.10. The van der Waals surface area contributed by atoms with Gasteiger partial charge in [-0.15, -0.1) is 0 Å². The maximum Gasteiger partial charge on any atom is 0.320 e. The summed E-state index contributed by atoms with van der Waals surface area (Å²) in [6.45, 7) is 1.11. The maximum absolute atomic E-state index is 11.2. The molecule has 1 aliphatic rings. The van der Waals surface area contributed by atoms with Gasteiger partial charge in [0.05, 0.1) is 13.2 Å². The van der Waals surface area contributed by atoms with Gasteiger partial charge >= 0.3 is 5.97 Å². The van der Waals surface area contributed by atoms with Crippen molar-refractivity contribution in [3.8, 4) is 5.75 Å². The van der Waals surface area contributed by atoms with Crippen LogP contribution >= 0.6 is 15.9 Å². The Morgan fingerprint density at radius 3 is 3.18 bits per heavy atom. The van der Waals surface area contributed by atoms with Crippen LogP contribution in [0.1, 0.15) is 11.6 Å². The number of carbonyl (C=O) groups excluding carboxylic acids is 1. The number of fused-ring (bicyclic) bond motifs is 1. The molecule has 0 saturated heterocycles. The zero-order valence-electron chi connectivity index (χ0n) is 9.48. The second kappa shape index (κ2) is 5.51. The Morgan fingerprint density at radius 2 is 2.41 bits per heavy atom. The lowest BCUT2D eigenvalue weighted by Gasteiger charge is -2.13. The van der Waals surface area contributed by atoms with E-state index in [2.05, 4.69) is 26.0 Å². The normalized spacial score (nSPS) is 19.3. The molecular formula is C12H14BrNO3. The molecule has 92 valence electrons. The van der Waals surface area contributed by atoms with E-state index in [0.29, 0.717) is 13.2 Å². The standard InChI is InChI=1S/C12H14BrNO3/c1-16-12(15)9(13)6-14-10-7-17-11-5-3-2-4-8(10)11/h2-5,9-10,14H,6-7H2,1H3. The van der Waals surface area contributed by atoms with Gasteiger partial charge in [0.1, 0.15) is 17.2 Å². The summed E-state index contributed by atoms with van der Waals surface area (Å²) in [4.78, 5) is 10.9. The predicted octanol–water partition coefficient (Wildman–Crippen LogP) is 1.65. The van der Waals surface area contributed by atoms with Crippen LogP contribution < -0.4 is 10.1 Å². The summed E-state index contributed by atoms with van der Waals surface area (Å²) in [6, 6.07) is 8.04. The van der Waals surface area contributed by atoms with Gasteiger partial charge in [-0.3, -0.25) is 4.79 Å². The van der Waals surface area contributed by atoms with Gasteiger partial charge in [0, 0.05) is 12.1 Å². The number of para-hydroxylation sites is 1. The number of alkyl halides is 1. The smallest absolute Gasteiger partial charge is 0.320 e. The number of carbonyl (C=O) groups is 1. The fourth-order valence-corrected chi connectivity index (χ4v) is 2.16. The van der Waals surface area contributed by atoms with Gasteiger partial charge in [-0.25, -0.2) is 0 Å². The van der Waals surface area contributed by atoms with Crippen LogP contribution in [-0.4, -0.2) is 31.1 Å². The van der Waals surface area contributed by atoms with Crippen molar-refractivity contribution in [1.29, 1.82) is 0 Å². The average molecular weight is 300 g/mol. The third kappa shape index (κ3) is 2.79. The minimum atomic E-state index is -0.333. The summed E-state index contributed by atoms with van der Waals surface area (Å²) in [5.74, 6) is 0.638. The van der Waals surface area contributed by atoms with Gasteiger partial charge in [0.15, 0.2) is 0 Å². The predicted molar refractivity (Wildman–Crippen MR) is 67.4 cm³/mol. The molecule has 0 aliphatic carbocycles. The Morgan fingerprint density at radius 1 is 1.65 bits per heavy atom. The molecule has 1 aromatic rings. The molecule has 0 amide bonds. The fourth-order valence-electron chi connectivity index (χ4n) is 1.79. The number of esters is 1. The quantitative estimate of drug-likeness (QED) is 0.678. The van der Waals surface area contributed by atoms with Crippen LogP contribution in [0.15, 0.2) is 24.3 Å². The molecule has 4 nitrogen and oxygen atoms in total. The summed E-state index contributed by atoms with van der Waals surface area (Å²) in [5, 5.41) is 3.28. The molecule has 0 saturated carbocycles. The van der Waals surface area contributed by atoms with E-state index in [4.69, 9.17) is 4.74 Å². The molecule has 2 unspecified atom stereocenters. The average Bonchev–Trinajstić information content (AvgIpc) is 2.78. The molecule has 1 heterocycles. The number of nitrogens with one attached hydrogen (secondary N) is 1. The molecule has 1 N–H and O–H groups in total. The Kier molecular flexibility index (Phi) is 4.02. The molecule has 1 aliphatic heterocycles. The highest BCUT2D eigenvalue weighted by Gasteiger charge is 2.25. The van der Waals surface area contributed by atoms with Crippen molar-refractivity contribution >= 4 is 21.9 Å². The first-order valence-electron chi connectivity index (χ1n) is 5.39. The Bertz CT molecular complexity index is 410. The molecular weight excluding hydrogens is 286 g/mol. The van der Waals surface area contributed by atoms with Crippen molar-refractivity contribution < 1.29 is 14.3 Å². The van der Waals surface area contributed by atoms with E-state index in [-0.39, 0.29) is 16.8 Å². The van der Waals surface area contributed by atoms with Crippen LogP contribution in [0, 0.1) is 0 Å². The monoisotopic (exact) mass is 299 g/mol. The minimum absolute atomic E-state index is 0.135. The van der Waals surface area contributed by atoms with Crippen LogP contribution in [0.3, 0.4) is 0 Å². The van der Waals surface area contributed by atoms with Crippen molar-refractivity contribution in [2.45, 2.75) is 10.9 Å². The zero-order valence-corrected chi connectivity index (χ0v) is 11.1. The Balaban J connectivity index is 1.92. The van der Waals surface area contributed by atoms with Gasteiger partial charge < -0.3 is 14.8 Å². The van der Waals surface area contributed by atoms with Gasteiger partial charge in [0.25, 0.3) is 0 Å². The molecule has 2 atom stereocenters. The van der Waals surface area contributed by atoms with Gasteiger partial charge in [-0.05, 0) is 6.07 Å². The Labute approximate surface area is 108 Å². The largest absolute Gasteiger partial charge is 0.491 e. The van der Waals surface area contributed by atoms with Gasteiger partial charge in [-0.1, -0.05) is 34.1 Å². The highest BCUT2D eigenvalue weighted by atomic mass is 79.9. The van der Waals surface area contributed by atoms with Crippen LogP contribution in [0.5, 0.6) is 5.75 Å². The molecule has 1 aromatic carbocycles. The molecule has 0 radical (unpaired) electrons. The van der Waals surface area contributed by atoms with E-state index in [9.17, 15) is 4.79 Å². The summed E-state index contributed by atoms with van der Waals surface area (Å²) in [5.41, 5.74) is 1.14. The molecule has 17 heavy (non-hydrogen) atoms. The van der Waals surface area contributed by atoms with E-state index in [1.807, 2.05) is 24.3 Å². The van der Waals surface area contributed by atoms with E-state index < -0.39 is 0 Å². The molecule has 0 fully saturated rings. The molecule has 5 heteroatoms. The first-order valence-corrected chi connectivity index (χ1v) is 6.31. The number of methoxy groups -OCH3 is 1. The topological polar surface area (TPSA) is 47.6 Å². The van der Waals surface area contributed by atoms with Gasteiger partial charge in [-0.2, -0.15) is 0 Å². The van der Waals surface area contributed by atoms with Crippen molar-refractivity contribution in [2.24, 2.45) is 0 Å². The second-order valence-electron chi connectivity index (χ2n) is 3.80. The second-order valence-corrected chi connectivity index (χ2v) is 4.91. The van der Waals surface area contributed by atoms with E-state index in [0.717, 1.165) is 11.3 Å². The number of benzene rings is 1. The third-order valence-corrected chi connectivity index (χ3v) is 3.40. The lowest BCUT2D eigenvalue weighted by molar-refractivity contribution is -0.139. The first-order chi connectivity index (χ1) is 8.22. The summed E-state index contributed by atoms with van der Waals surface area (Å²) in [6.07, 6.45) is 0. The number of hydrogen-bond acceptors (Lipinski definition) is 4. The highest BCUT2D eigenvalue weighted by Crippen LogP contribution is 2.31. The minimum Gasteiger partial charge on any atom is -0.491 e. The van der Waals surface area contributed by atoms with Crippen molar-refractivity contribution in [2.75, 3.05) is 20.3 Å². The zero-order chi connectivity index (χ0) is 12.3. The van der Waals surface area contributed by atoms with E-state index in [1.165, 1.54) is 7.11 Å². The number of ether oxygens (including phenoxy) is 2. The van der Waals surface area contributed by atoms with Crippen LogP contribution in [0.4, 0.5) is 0 Å². The van der Waals surface area contributed by atoms with Crippen LogP contribution in [0.25, 0.3) is 0 Å². The SMILES string of the molecule is COC(=O)C(Br)CNC1COc2ccccc21. The summed E-state index contributed by atoms with van der Waals surface area (Å²) >= 11 is 3.27. The van der Waals surface area contributed by atoms with E-state index >= 15 is 0 Å². The summed E-state index contributed by atoms with van der Waals surface area (Å²) < 4.78 is 10.2. The molecule has 0 spiro atoms. The molecule has 2 rings (SSSR count). The van der Waals surface area contributed by atoms with Crippen molar-refractivity contribution in [1.82, 2.24) is 5.32 Å². The van der Waals surface area contributed by atoms with Crippen molar-refractivity contribution in [3.63, 3.8) is 0 Å². The lowest BCUT2D eigenvalue weighted by atomic mass is 10.1. The number of hydrogen-bond donors (Lipinski definition) is 1. The van der Waals surface area contributed by atoms with Gasteiger partial charge in [0.2, 0.25) is 0 Å². The fraction of sp³-hybridized carbons (Fsp3) is 0.417. The lowest BCUT2D eigenvalue weighted by Crippen LogP contribution is -2.33. The molecule has 0 aromatic heterocycles. The number of rotatable bonds is 4. The third-order valence-electron chi connectivity index (χ3n) is 2.70. The maximum atomic E-state index is 11.2. The van der Waals surface area contributed by atoms with Crippen molar-refractivity contribution in [3.05, 3.63) is 29.8 Å². The van der Waals surface area contributed by atoms with Crippen LogP contribution in [-0.2, 0) is 9.53 Å². The molecule has 0 bridgehead atoms. The summed E-state index contributed by atoms with van der Waals surface area (Å²) in [7, 11) is 1.38. The van der Waals surface area contributed by atoms with Crippen LogP contribution in [0.2, 0.25) is 0 Å². The van der Waals surface area contributed by atoms with E-state index in [1.54, 1.807) is 0 Å².